The first-order valence-corrected chi connectivity index (χ1v) is 20.8. The smallest absolute Gasteiger partial charge is 0.238 e. The Bertz CT molecular complexity index is 4130. The Kier molecular flexibility index (Phi) is 6.71. The van der Waals surface area contributed by atoms with E-state index in [2.05, 4.69) is 155 Å². The van der Waals surface area contributed by atoms with Crippen molar-refractivity contribution in [1.29, 1.82) is 0 Å². The van der Waals surface area contributed by atoms with Crippen LogP contribution in [0, 0.1) is 0 Å². The van der Waals surface area contributed by atoms with Crippen molar-refractivity contribution in [1.82, 2.24) is 24.1 Å². The average molecular weight is 794 g/mol. The van der Waals surface area contributed by atoms with Gasteiger partial charge in [0.15, 0.2) is 11.6 Å². The number of hydrogen-bond donors (Lipinski definition) is 0. The zero-order chi connectivity index (χ0) is 40.5. The van der Waals surface area contributed by atoms with Gasteiger partial charge in [0.05, 0.1) is 33.1 Å². The average Bonchev–Trinajstić information content (AvgIpc) is 4.08. The summed E-state index contributed by atoms with van der Waals surface area (Å²) in [6.45, 7) is 0. The molecule has 0 aliphatic heterocycles. The molecule has 0 aliphatic rings. The molecule has 14 aromatic rings. The molecule has 0 radical (unpaired) electrons. The number of rotatable bonds is 4. The first-order chi connectivity index (χ1) is 30.7. The molecule has 0 spiro atoms. The zero-order valence-electron chi connectivity index (χ0n) is 33.0. The molecule has 0 fully saturated rings. The van der Waals surface area contributed by atoms with E-state index in [1.165, 1.54) is 21.5 Å². The van der Waals surface area contributed by atoms with Crippen LogP contribution >= 0.6 is 0 Å². The number of furan rings is 2. The molecule has 5 aromatic heterocycles. The summed E-state index contributed by atoms with van der Waals surface area (Å²) in [5, 5.41) is 11.1. The van der Waals surface area contributed by atoms with Gasteiger partial charge in [0, 0.05) is 48.8 Å². The molecule has 0 atom stereocenters. The summed E-state index contributed by atoms with van der Waals surface area (Å²) in [6.07, 6.45) is 0. The molecule has 288 valence electrons. The van der Waals surface area contributed by atoms with Gasteiger partial charge in [0.1, 0.15) is 22.3 Å². The standard InChI is InChI=1S/C55H31N5O2/c1-2-14-33-29-46-41(27-32(33)13-1)38-17-5-8-20-43(38)59(46)47-30-35(31-51-52(47)40-19-7-12-24-49(40)62-51)54-56-53(34-25-26-50-42(28-34)39-18-6-11-23-48(39)61-50)57-55(58-54)60-44-21-9-3-15-36(44)37-16-4-10-22-45(37)60/h1-31H. The van der Waals surface area contributed by atoms with Crippen molar-refractivity contribution >= 4 is 98.3 Å². The van der Waals surface area contributed by atoms with E-state index in [0.29, 0.717) is 17.6 Å². The third-order valence-electron chi connectivity index (χ3n) is 12.5. The van der Waals surface area contributed by atoms with E-state index in [1.54, 1.807) is 0 Å². The second-order valence-corrected chi connectivity index (χ2v) is 16.0. The number of para-hydroxylation sites is 5. The largest absolute Gasteiger partial charge is 0.456 e. The Morgan fingerprint density at radius 3 is 1.58 bits per heavy atom. The molecule has 0 bridgehead atoms. The third kappa shape index (κ3) is 4.73. The van der Waals surface area contributed by atoms with Crippen molar-refractivity contribution in [3.8, 4) is 34.4 Å². The van der Waals surface area contributed by atoms with E-state index in [9.17, 15) is 0 Å². The molecule has 0 aliphatic carbocycles. The molecule has 0 N–H and O–H groups in total. The highest BCUT2D eigenvalue weighted by molar-refractivity contribution is 6.17. The fourth-order valence-corrected chi connectivity index (χ4v) is 9.78. The number of nitrogens with zero attached hydrogens (tertiary/aromatic N) is 5. The van der Waals surface area contributed by atoms with E-state index in [4.69, 9.17) is 23.8 Å². The normalized spacial score (nSPS) is 12.2. The minimum atomic E-state index is 0.522. The molecule has 9 aromatic carbocycles. The van der Waals surface area contributed by atoms with Gasteiger partial charge in [-0.2, -0.15) is 9.97 Å². The van der Waals surface area contributed by atoms with Gasteiger partial charge >= 0.3 is 0 Å². The molecular weight excluding hydrogens is 763 g/mol. The summed E-state index contributed by atoms with van der Waals surface area (Å²) >= 11 is 0. The molecule has 62 heavy (non-hydrogen) atoms. The maximum absolute atomic E-state index is 6.76. The van der Waals surface area contributed by atoms with Crippen molar-refractivity contribution in [3.05, 3.63) is 188 Å². The lowest BCUT2D eigenvalue weighted by Gasteiger charge is -2.14. The van der Waals surface area contributed by atoms with Crippen molar-refractivity contribution in [2.75, 3.05) is 0 Å². The van der Waals surface area contributed by atoms with Crippen LogP contribution in [0.3, 0.4) is 0 Å². The summed E-state index contributed by atoms with van der Waals surface area (Å²) in [6, 6.07) is 65.6. The number of aromatic nitrogens is 5. The molecule has 5 heterocycles. The monoisotopic (exact) mass is 793 g/mol. The molecule has 7 heteroatoms. The Balaban J connectivity index is 1.09. The van der Waals surface area contributed by atoms with Gasteiger partial charge in [-0.3, -0.25) is 4.57 Å². The van der Waals surface area contributed by atoms with Gasteiger partial charge in [-0.25, -0.2) is 4.98 Å². The fraction of sp³-hybridized carbons (Fsp3) is 0. The van der Waals surface area contributed by atoms with Crippen LogP contribution in [-0.2, 0) is 0 Å². The van der Waals surface area contributed by atoms with E-state index >= 15 is 0 Å². The van der Waals surface area contributed by atoms with Crippen LogP contribution in [0.4, 0.5) is 0 Å². The van der Waals surface area contributed by atoms with Crippen LogP contribution in [0.25, 0.3) is 133 Å². The highest BCUT2D eigenvalue weighted by atomic mass is 16.3. The Morgan fingerprint density at radius 1 is 0.323 bits per heavy atom. The van der Waals surface area contributed by atoms with Crippen LogP contribution in [0.1, 0.15) is 0 Å². The minimum Gasteiger partial charge on any atom is -0.456 e. The van der Waals surface area contributed by atoms with E-state index in [0.717, 1.165) is 93.5 Å². The quantitative estimate of drug-likeness (QED) is 0.177. The maximum Gasteiger partial charge on any atom is 0.238 e. The molecule has 0 unspecified atom stereocenters. The minimum absolute atomic E-state index is 0.522. The first kappa shape index (κ1) is 33.3. The topological polar surface area (TPSA) is 74.8 Å². The molecule has 14 rings (SSSR count). The number of hydrogen-bond acceptors (Lipinski definition) is 5. The van der Waals surface area contributed by atoms with E-state index in [1.807, 2.05) is 42.5 Å². The highest BCUT2D eigenvalue weighted by Gasteiger charge is 2.23. The van der Waals surface area contributed by atoms with Crippen molar-refractivity contribution in [3.63, 3.8) is 0 Å². The summed E-state index contributed by atoms with van der Waals surface area (Å²) in [5.74, 6) is 1.60. The van der Waals surface area contributed by atoms with E-state index in [-0.39, 0.29) is 0 Å². The van der Waals surface area contributed by atoms with Gasteiger partial charge in [0.2, 0.25) is 5.95 Å². The second-order valence-electron chi connectivity index (χ2n) is 16.0. The SMILES string of the molecule is c1ccc2cc3c(cc2c1)c1ccccc1n3-c1cc(-c2nc(-c3ccc4oc5ccccc5c4c3)nc(-n3c4ccccc4c4ccccc43)n2)cc2oc3ccccc3c12. The van der Waals surface area contributed by atoms with Gasteiger partial charge in [0.25, 0.3) is 0 Å². The predicted octanol–water partition coefficient (Wildman–Crippen LogP) is 14.4. The third-order valence-corrected chi connectivity index (χ3v) is 12.5. The second kappa shape index (κ2) is 12.5. The molecule has 0 saturated heterocycles. The maximum atomic E-state index is 6.76. The van der Waals surface area contributed by atoms with Crippen molar-refractivity contribution in [2.45, 2.75) is 0 Å². The Labute approximate surface area is 352 Å². The molecule has 7 nitrogen and oxygen atoms in total. The lowest BCUT2D eigenvalue weighted by molar-refractivity contribution is 0.668. The van der Waals surface area contributed by atoms with Crippen molar-refractivity contribution < 1.29 is 8.83 Å². The Morgan fingerprint density at radius 2 is 0.855 bits per heavy atom. The number of benzene rings is 9. The lowest BCUT2D eigenvalue weighted by Crippen LogP contribution is -2.06. The number of fused-ring (bicyclic) bond motifs is 13. The predicted molar refractivity (Wildman–Crippen MR) is 251 cm³/mol. The fourth-order valence-electron chi connectivity index (χ4n) is 9.78. The molecule has 0 saturated carbocycles. The van der Waals surface area contributed by atoms with Crippen LogP contribution in [0.5, 0.6) is 0 Å². The summed E-state index contributed by atoms with van der Waals surface area (Å²) < 4.78 is 17.5. The van der Waals surface area contributed by atoms with Gasteiger partial charge in [-0.1, -0.05) is 115 Å². The van der Waals surface area contributed by atoms with Gasteiger partial charge in [-0.15, -0.1) is 0 Å². The zero-order valence-corrected chi connectivity index (χ0v) is 33.0. The summed E-state index contributed by atoms with van der Waals surface area (Å²) in [4.78, 5) is 16.0. The van der Waals surface area contributed by atoms with Gasteiger partial charge in [-0.05, 0) is 83.6 Å². The lowest BCUT2D eigenvalue weighted by atomic mass is 10.1. The Hall–Kier alpha value is -8.55. The molecular formula is C55H31N5O2. The highest BCUT2D eigenvalue weighted by Crippen LogP contribution is 2.42. The van der Waals surface area contributed by atoms with Gasteiger partial charge < -0.3 is 13.4 Å². The van der Waals surface area contributed by atoms with Crippen LogP contribution in [0.2, 0.25) is 0 Å². The van der Waals surface area contributed by atoms with Crippen LogP contribution in [-0.4, -0.2) is 24.1 Å². The summed E-state index contributed by atoms with van der Waals surface area (Å²) in [5.41, 5.74) is 10.1. The molecule has 0 amide bonds. The summed E-state index contributed by atoms with van der Waals surface area (Å²) in [7, 11) is 0. The van der Waals surface area contributed by atoms with E-state index < -0.39 is 0 Å². The van der Waals surface area contributed by atoms with Crippen LogP contribution in [0.15, 0.2) is 197 Å². The first-order valence-electron chi connectivity index (χ1n) is 20.8. The van der Waals surface area contributed by atoms with Crippen molar-refractivity contribution in [2.24, 2.45) is 0 Å². The van der Waals surface area contributed by atoms with Crippen LogP contribution < -0.4 is 0 Å².